The van der Waals surface area contributed by atoms with Crippen molar-refractivity contribution in [3.63, 3.8) is 0 Å². The fraction of sp³-hybridized carbons (Fsp3) is 0.500. The van der Waals surface area contributed by atoms with E-state index in [1.165, 1.54) is 38.5 Å². The van der Waals surface area contributed by atoms with Crippen LogP contribution in [0.5, 0.6) is 0 Å². The van der Waals surface area contributed by atoms with E-state index in [9.17, 15) is 0 Å². The summed E-state index contributed by atoms with van der Waals surface area (Å²) in [6.07, 6.45) is 21.5. The molecule has 0 heteroatoms. The average molecular weight is 161 g/mol. The van der Waals surface area contributed by atoms with Crippen molar-refractivity contribution < 1.29 is 0 Å². The van der Waals surface area contributed by atoms with Gasteiger partial charge in [-0.2, -0.15) is 0 Å². The van der Waals surface area contributed by atoms with Crippen LogP contribution in [0, 0.1) is 6.08 Å². The molecule has 65 valence electrons. The van der Waals surface area contributed by atoms with Crippen molar-refractivity contribution >= 4 is 0 Å². The van der Waals surface area contributed by atoms with Gasteiger partial charge in [0.15, 0.2) is 0 Å². The number of rotatable bonds is 0. The summed E-state index contributed by atoms with van der Waals surface area (Å²) in [4.78, 5) is 0. The predicted octanol–water partition coefficient (Wildman–Crippen LogP) is 3.81. The maximum absolute atomic E-state index is 3.11. The van der Waals surface area contributed by atoms with E-state index in [0.717, 1.165) is 0 Å². The monoisotopic (exact) mass is 161 g/mol. The summed E-state index contributed by atoms with van der Waals surface area (Å²) in [5, 5.41) is 0. The zero-order valence-corrected chi connectivity index (χ0v) is 7.63. The van der Waals surface area contributed by atoms with E-state index in [1.807, 2.05) is 12.2 Å². The van der Waals surface area contributed by atoms with Crippen molar-refractivity contribution in [1.29, 1.82) is 0 Å². The summed E-state index contributed by atoms with van der Waals surface area (Å²) in [7, 11) is 0. The molecule has 0 nitrogen and oxygen atoms in total. The van der Waals surface area contributed by atoms with Gasteiger partial charge in [-0.15, -0.1) is 0 Å². The molecule has 1 aliphatic carbocycles. The Morgan fingerprint density at radius 1 is 0.833 bits per heavy atom. The lowest BCUT2D eigenvalue weighted by atomic mass is 10.1. The molecular formula is C12H17. The third kappa shape index (κ3) is 4.95. The predicted molar refractivity (Wildman–Crippen MR) is 53.8 cm³/mol. The molecule has 0 bridgehead atoms. The summed E-state index contributed by atoms with van der Waals surface area (Å²) < 4.78 is 0. The Kier molecular flexibility index (Phi) is 5.35. The molecule has 12 heavy (non-hydrogen) atoms. The quantitative estimate of drug-likeness (QED) is 0.506. The Labute approximate surface area is 75.7 Å². The molecule has 1 aliphatic rings. The van der Waals surface area contributed by atoms with Crippen molar-refractivity contribution in [3.8, 4) is 0 Å². The zero-order chi connectivity index (χ0) is 8.49. The lowest BCUT2D eigenvalue weighted by Crippen LogP contribution is -1.77. The largest absolute Gasteiger partial charge is 0.0845 e. The van der Waals surface area contributed by atoms with E-state index >= 15 is 0 Å². The molecule has 0 aromatic carbocycles. The van der Waals surface area contributed by atoms with Gasteiger partial charge in [0.2, 0.25) is 0 Å². The lowest BCUT2D eigenvalue weighted by Gasteiger charge is -1.96. The van der Waals surface area contributed by atoms with Gasteiger partial charge in [0.25, 0.3) is 0 Å². The summed E-state index contributed by atoms with van der Waals surface area (Å²) in [5.41, 5.74) is 0. The Morgan fingerprint density at radius 3 is 2.42 bits per heavy atom. The van der Waals surface area contributed by atoms with Crippen LogP contribution in [-0.4, -0.2) is 0 Å². The third-order valence-corrected chi connectivity index (χ3v) is 2.03. The van der Waals surface area contributed by atoms with Crippen molar-refractivity contribution in [1.82, 2.24) is 0 Å². The maximum Gasteiger partial charge on any atom is -0.0187 e. The molecule has 0 fully saturated rings. The first-order chi connectivity index (χ1) is 6.00. The lowest BCUT2D eigenvalue weighted by molar-refractivity contribution is 0.652. The van der Waals surface area contributed by atoms with Gasteiger partial charge in [0.05, 0.1) is 0 Å². The van der Waals surface area contributed by atoms with Gasteiger partial charge < -0.3 is 0 Å². The van der Waals surface area contributed by atoms with Gasteiger partial charge in [-0.3, -0.25) is 0 Å². The molecule has 0 N–H and O–H groups in total. The second-order valence-electron chi connectivity index (χ2n) is 3.16. The van der Waals surface area contributed by atoms with E-state index in [0.29, 0.717) is 0 Å². The topological polar surface area (TPSA) is 0 Å². The average Bonchev–Trinajstić information content (AvgIpc) is 2.05. The minimum atomic E-state index is 1.21. The molecule has 0 heterocycles. The van der Waals surface area contributed by atoms with Crippen LogP contribution in [0.4, 0.5) is 0 Å². The smallest absolute Gasteiger partial charge is 0.0187 e. The summed E-state index contributed by atoms with van der Waals surface area (Å²) in [6.45, 7) is 0. The van der Waals surface area contributed by atoms with E-state index < -0.39 is 0 Å². The van der Waals surface area contributed by atoms with Crippen molar-refractivity contribution in [3.05, 3.63) is 36.5 Å². The number of allylic oxidation sites excluding steroid dienone is 6. The first kappa shape index (κ1) is 9.31. The highest BCUT2D eigenvalue weighted by atomic mass is 13.9. The van der Waals surface area contributed by atoms with Crippen molar-refractivity contribution in [2.24, 2.45) is 0 Å². The van der Waals surface area contributed by atoms with Crippen LogP contribution >= 0.6 is 0 Å². The Balaban J connectivity index is 2.32. The van der Waals surface area contributed by atoms with E-state index in [4.69, 9.17) is 0 Å². The highest BCUT2D eigenvalue weighted by molar-refractivity contribution is 5.05. The molecule has 0 saturated carbocycles. The molecule has 1 radical (unpaired) electrons. The molecule has 0 amide bonds. The maximum atomic E-state index is 3.11. The van der Waals surface area contributed by atoms with Crippen LogP contribution in [0.15, 0.2) is 30.4 Å². The molecule has 0 atom stereocenters. The molecule has 0 unspecified atom stereocenters. The normalized spacial score (nSPS) is 28.0. The minimum Gasteiger partial charge on any atom is -0.0845 e. The van der Waals surface area contributed by atoms with Gasteiger partial charge in [0, 0.05) is 0 Å². The minimum absolute atomic E-state index is 1.21. The summed E-state index contributed by atoms with van der Waals surface area (Å²) in [6, 6.07) is 0. The first-order valence-electron chi connectivity index (χ1n) is 4.89. The SMILES string of the molecule is [C]1=C/C=C\CCCCCC\C=C/1. The summed E-state index contributed by atoms with van der Waals surface area (Å²) in [5.74, 6) is 0. The van der Waals surface area contributed by atoms with Crippen molar-refractivity contribution in [2.45, 2.75) is 38.5 Å². The van der Waals surface area contributed by atoms with Crippen LogP contribution in [0.3, 0.4) is 0 Å². The van der Waals surface area contributed by atoms with Gasteiger partial charge in [0.1, 0.15) is 0 Å². The second-order valence-corrected chi connectivity index (χ2v) is 3.16. The van der Waals surface area contributed by atoms with Crippen LogP contribution in [-0.2, 0) is 0 Å². The van der Waals surface area contributed by atoms with Gasteiger partial charge in [-0.05, 0) is 31.8 Å². The Hall–Kier alpha value is -0.780. The van der Waals surface area contributed by atoms with Gasteiger partial charge in [-0.1, -0.05) is 43.2 Å². The van der Waals surface area contributed by atoms with Gasteiger partial charge >= 0.3 is 0 Å². The highest BCUT2D eigenvalue weighted by Gasteiger charge is 1.87. The van der Waals surface area contributed by atoms with Crippen LogP contribution in [0.2, 0.25) is 0 Å². The van der Waals surface area contributed by atoms with E-state index in [1.54, 1.807) is 0 Å². The fourth-order valence-corrected chi connectivity index (χ4v) is 1.30. The Bertz CT molecular complexity index is 152. The zero-order valence-electron chi connectivity index (χ0n) is 7.63. The van der Waals surface area contributed by atoms with Crippen LogP contribution in [0.25, 0.3) is 0 Å². The molecule has 0 aliphatic heterocycles. The molecular weight excluding hydrogens is 144 g/mol. The Morgan fingerprint density at radius 2 is 1.58 bits per heavy atom. The molecule has 1 rings (SSSR count). The standard InChI is InChI=1S/C12H17/c1-2-4-6-8-10-12-11-9-7-5-3-1/h1-3,7,9H,4,6,8,10-12H2/b2-1-,5-3?,9-7-. The van der Waals surface area contributed by atoms with Crippen molar-refractivity contribution in [2.75, 3.05) is 0 Å². The molecule has 0 aromatic rings. The summed E-state index contributed by atoms with van der Waals surface area (Å²) >= 11 is 0. The first-order valence-corrected chi connectivity index (χ1v) is 4.89. The van der Waals surface area contributed by atoms with E-state index in [2.05, 4.69) is 24.3 Å². The highest BCUT2D eigenvalue weighted by Crippen LogP contribution is 2.06. The molecule has 0 spiro atoms. The third-order valence-electron chi connectivity index (χ3n) is 2.03. The molecule has 0 saturated heterocycles. The molecule has 0 aromatic heterocycles. The van der Waals surface area contributed by atoms with Crippen LogP contribution < -0.4 is 0 Å². The number of hydrogen-bond donors (Lipinski definition) is 0. The van der Waals surface area contributed by atoms with Crippen LogP contribution in [0.1, 0.15) is 38.5 Å². The fourth-order valence-electron chi connectivity index (χ4n) is 1.30. The van der Waals surface area contributed by atoms with Gasteiger partial charge in [-0.25, -0.2) is 0 Å². The van der Waals surface area contributed by atoms with E-state index in [-0.39, 0.29) is 0 Å². The number of hydrogen-bond acceptors (Lipinski definition) is 0. The second kappa shape index (κ2) is 6.90.